The minimum atomic E-state index is -3.67. The van der Waals surface area contributed by atoms with Crippen molar-refractivity contribution in [3.63, 3.8) is 0 Å². The highest BCUT2D eigenvalue weighted by molar-refractivity contribution is 7.89. The largest absolute Gasteiger partial charge is 0.468 e. The van der Waals surface area contributed by atoms with E-state index in [-0.39, 0.29) is 11.5 Å². The number of aliphatic hydroxyl groups excluding tert-OH is 1. The first kappa shape index (κ1) is 14.3. The zero-order chi connectivity index (χ0) is 14.0. The molecular formula is C12H15NO4S2. The molecule has 0 radical (unpaired) electrons. The van der Waals surface area contributed by atoms with Crippen molar-refractivity contribution in [1.82, 2.24) is 4.72 Å². The van der Waals surface area contributed by atoms with E-state index >= 15 is 0 Å². The molecule has 5 nitrogen and oxygen atoms in total. The predicted octanol–water partition coefficient (Wildman–Crippen LogP) is 1.97. The Kier molecular flexibility index (Phi) is 4.10. The maximum absolute atomic E-state index is 12.3. The number of hydrogen-bond acceptors (Lipinski definition) is 5. The van der Waals surface area contributed by atoms with Crippen molar-refractivity contribution < 1.29 is 17.9 Å². The Morgan fingerprint density at radius 2 is 2.21 bits per heavy atom. The van der Waals surface area contributed by atoms with E-state index in [0.717, 1.165) is 9.75 Å². The number of furan rings is 1. The Bertz CT molecular complexity index is 643. The predicted molar refractivity (Wildman–Crippen MR) is 72.6 cm³/mol. The van der Waals surface area contributed by atoms with E-state index in [1.54, 1.807) is 25.1 Å². The second kappa shape index (κ2) is 5.46. The Labute approximate surface area is 115 Å². The molecule has 0 aliphatic rings. The van der Waals surface area contributed by atoms with Gasteiger partial charge in [0.15, 0.2) is 0 Å². The molecule has 1 unspecified atom stereocenters. The molecule has 2 heterocycles. The van der Waals surface area contributed by atoms with Crippen molar-refractivity contribution in [1.29, 1.82) is 0 Å². The highest BCUT2D eigenvalue weighted by atomic mass is 32.2. The van der Waals surface area contributed by atoms with Gasteiger partial charge in [-0.25, -0.2) is 8.42 Å². The van der Waals surface area contributed by atoms with E-state index in [4.69, 9.17) is 4.42 Å². The van der Waals surface area contributed by atoms with Crippen LogP contribution in [0, 0.1) is 13.8 Å². The van der Waals surface area contributed by atoms with Gasteiger partial charge in [0.2, 0.25) is 10.0 Å². The van der Waals surface area contributed by atoms with Gasteiger partial charge in [0, 0.05) is 9.75 Å². The van der Waals surface area contributed by atoms with Crippen LogP contribution in [0.25, 0.3) is 0 Å². The number of aryl methyl sites for hydroxylation is 2. The lowest BCUT2D eigenvalue weighted by molar-refractivity contribution is 0.242. The summed E-state index contributed by atoms with van der Waals surface area (Å²) in [5.41, 5.74) is 0. The maximum atomic E-state index is 12.3. The molecule has 19 heavy (non-hydrogen) atoms. The van der Waals surface area contributed by atoms with Crippen LogP contribution in [-0.4, -0.2) is 20.1 Å². The van der Waals surface area contributed by atoms with Gasteiger partial charge >= 0.3 is 0 Å². The van der Waals surface area contributed by atoms with Crippen molar-refractivity contribution in [2.75, 3.05) is 6.61 Å². The van der Waals surface area contributed by atoms with E-state index in [0.29, 0.717) is 5.76 Å². The maximum Gasteiger partial charge on any atom is 0.242 e. The molecule has 0 saturated carbocycles. The van der Waals surface area contributed by atoms with Gasteiger partial charge in [-0.05, 0) is 32.0 Å². The zero-order valence-corrected chi connectivity index (χ0v) is 12.2. The summed E-state index contributed by atoms with van der Waals surface area (Å²) in [7, 11) is -3.67. The highest BCUT2D eigenvalue weighted by Crippen LogP contribution is 2.26. The Morgan fingerprint density at radius 3 is 2.68 bits per heavy atom. The monoisotopic (exact) mass is 301 g/mol. The third-order valence-corrected chi connectivity index (χ3v) is 5.34. The summed E-state index contributed by atoms with van der Waals surface area (Å²) in [6.45, 7) is 3.24. The van der Waals surface area contributed by atoms with Crippen LogP contribution in [0.2, 0.25) is 0 Å². The molecule has 2 rings (SSSR count). The molecule has 0 spiro atoms. The van der Waals surface area contributed by atoms with Gasteiger partial charge in [-0.2, -0.15) is 4.72 Å². The second-order valence-electron chi connectivity index (χ2n) is 4.15. The first-order valence-electron chi connectivity index (χ1n) is 5.67. The normalized spacial score (nSPS) is 13.6. The van der Waals surface area contributed by atoms with Crippen molar-refractivity contribution in [2.45, 2.75) is 24.8 Å². The molecule has 1 atom stereocenters. The molecule has 0 amide bonds. The smallest absolute Gasteiger partial charge is 0.242 e. The number of nitrogens with one attached hydrogen (secondary N) is 1. The summed E-state index contributed by atoms with van der Waals surface area (Å²) in [6, 6.07) is 4.11. The molecule has 0 bridgehead atoms. The molecule has 0 aliphatic heterocycles. The Morgan fingerprint density at radius 1 is 1.47 bits per heavy atom. The third-order valence-electron chi connectivity index (χ3n) is 2.65. The van der Waals surface area contributed by atoms with Gasteiger partial charge in [-0.1, -0.05) is 0 Å². The quantitative estimate of drug-likeness (QED) is 0.885. The molecule has 0 fully saturated rings. The van der Waals surface area contributed by atoms with E-state index in [9.17, 15) is 13.5 Å². The molecule has 0 aromatic carbocycles. The summed E-state index contributed by atoms with van der Waals surface area (Å²) < 4.78 is 32.1. The van der Waals surface area contributed by atoms with Crippen LogP contribution in [0.1, 0.15) is 21.6 Å². The fourth-order valence-electron chi connectivity index (χ4n) is 1.80. The van der Waals surface area contributed by atoms with Crippen LogP contribution < -0.4 is 4.72 Å². The standard InChI is InChI=1S/C12H15NO4S2/c1-8-6-12(9(2)18-8)19(15,16)13-10(7-14)11-4-3-5-17-11/h3-6,10,13-14H,7H2,1-2H3. The number of aliphatic hydroxyl groups is 1. The summed E-state index contributed by atoms with van der Waals surface area (Å²) in [5, 5.41) is 9.30. The average Bonchev–Trinajstić information content (AvgIpc) is 2.96. The van der Waals surface area contributed by atoms with Crippen LogP contribution in [0.15, 0.2) is 33.8 Å². The van der Waals surface area contributed by atoms with Gasteiger partial charge in [-0.15, -0.1) is 11.3 Å². The summed E-state index contributed by atoms with van der Waals surface area (Å²) >= 11 is 1.42. The highest BCUT2D eigenvalue weighted by Gasteiger charge is 2.25. The molecule has 0 aliphatic carbocycles. The van der Waals surface area contributed by atoms with Crippen LogP contribution in [0.4, 0.5) is 0 Å². The molecule has 2 aromatic heterocycles. The van der Waals surface area contributed by atoms with Crippen molar-refractivity contribution >= 4 is 21.4 Å². The van der Waals surface area contributed by atoms with Crippen molar-refractivity contribution in [3.8, 4) is 0 Å². The summed E-state index contributed by atoms with van der Waals surface area (Å²) in [6.07, 6.45) is 1.44. The minimum absolute atomic E-state index is 0.250. The SMILES string of the molecule is Cc1cc(S(=O)(=O)NC(CO)c2ccco2)c(C)s1. The zero-order valence-electron chi connectivity index (χ0n) is 10.6. The van der Waals surface area contributed by atoms with E-state index < -0.39 is 16.1 Å². The molecular weight excluding hydrogens is 286 g/mol. The van der Waals surface area contributed by atoms with Crippen molar-refractivity contribution in [3.05, 3.63) is 40.0 Å². The van der Waals surface area contributed by atoms with E-state index in [1.165, 1.54) is 17.6 Å². The Hall–Kier alpha value is -1.15. The fraction of sp³-hybridized carbons (Fsp3) is 0.333. The lowest BCUT2D eigenvalue weighted by Gasteiger charge is -2.14. The van der Waals surface area contributed by atoms with Gasteiger partial charge in [-0.3, -0.25) is 0 Å². The van der Waals surface area contributed by atoms with Crippen LogP contribution in [-0.2, 0) is 10.0 Å². The fourth-order valence-corrected chi connectivity index (χ4v) is 4.55. The lowest BCUT2D eigenvalue weighted by atomic mass is 10.2. The summed E-state index contributed by atoms with van der Waals surface area (Å²) in [5.74, 6) is 0.385. The number of thiophene rings is 1. The Balaban J connectivity index is 2.28. The molecule has 2 aromatic rings. The number of hydrogen-bond donors (Lipinski definition) is 2. The van der Waals surface area contributed by atoms with Crippen LogP contribution >= 0.6 is 11.3 Å². The number of rotatable bonds is 5. The molecule has 7 heteroatoms. The average molecular weight is 301 g/mol. The van der Waals surface area contributed by atoms with E-state index in [2.05, 4.69) is 4.72 Å². The van der Waals surface area contributed by atoms with E-state index in [1.807, 2.05) is 6.92 Å². The van der Waals surface area contributed by atoms with Crippen molar-refractivity contribution in [2.24, 2.45) is 0 Å². The van der Waals surface area contributed by atoms with Gasteiger partial charge < -0.3 is 9.52 Å². The van der Waals surface area contributed by atoms with Gasteiger partial charge in [0.25, 0.3) is 0 Å². The number of sulfonamides is 1. The first-order chi connectivity index (χ1) is 8.94. The minimum Gasteiger partial charge on any atom is -0.468 e. The topological polar surface area (TPSA) is 79.5 Å². The third kappa shape index (κ3) is 3.06. The van der Waals surface area contributed by atoms with Crippen LogP contribution in [0.3, 0.4) is 0 Å². The summed E-state index contributed by atoms with van der Waals surface area (Å²) in [4.78, 5) is 1.90. The molecule has 0 saturated heterocycles. The second-order valence-corrected chi connectivity index (χ2v) is 7.29. The lowest BCUT2D eigenvalue weighted by Crippen LogP contribution is -2.30. The van der Waals surface area contributed by atoms with Crippen LogP contribution in [0.5, 0.6) is 0 Å². The molecule has 2 N–H and O–H groups in total. The molecule has 104 valence electrons. The van der Waals surface area contributed by atoms with Gasteiger partial charge in [0.1, 0.15) is 11.8 Å². The first-order valence-corrected chi connectivity index (χ1v) is 7.97. The van der Waals surface area contributed by atoms with Gasteiger partial charge in [0.05, 0.1) is 17.8 Å².